The fraction of sp³-hybridized carbons (Fsp3) is 0.318. The Labute approximate surface area is 172 Å². The summed E-state index contributed by atoms with van der Waals surface area (Å²) >= 11 is 1.40. The summed E-state index contributed by atoms with van der Waals surface area (Å²) in [5.41, 5.74) is 2.47. The third kappa shape index (κ3) is 3.35. The summed E-state index contributed by atoms with van der Waals surface area (Å²) in [5, 5.41) is 0.750. The minimum absolute atomic E-state index is 0.0468. The Morgan fingerprint density at radius 3 is 2.59 bits per heavy atom. The van der Waals surface area contributed by atoms with Crippen LogP contribution in [0.15, 0.2) is 45.2 Å². The number of carbonyl (C=O) groups excluding carboxylic acids is 1. The van der Waals surface area contributed by atoms with Crippen molar-refractivity contribution in [1.29, 1.82) is 0 Å². The van der Waals surface area contributed by atoms with Crippen LogP contribution in [0.5, 0.6) is 0 Å². The van der Waals surface area contributed by atoms with Crippen LogP contribution in [0.1, 0.15) is 45.8 Å². The van der Waals surface area contributed by atoms with E-state index in [9.17, 15) is 4.79 Å². The van der Waals surface area contributed by atoms with Gasteiger partial charge in [0, 0.05) is 19.0 Å². The number of benzene rings is 1. The van der Waals surface area contributed by atoms with Gasteiger partial charge in [-0.2, -0.15) is 0 Å². The standard InChI is InChI=1S/C22H21N3O3S/c1-13-7-8-18(27-13)21-23-14(2)19(29-21)22(26)25-11-9-15(10-12-25)20-24-16-5-3-4-6-17(16)28-20/h3-8,15H,9-12H2,1-2H3. The Balaban J connectivity index is 1.29. The lowest BCUT2D eigenvalue weighted by Crippen LogP contribution is -2.37. The van der Waals surface area contributed by atoms with Gasteiger partial charge in [0.1, 0.15) is 16.2 Å². The summed E-state index contributed by atoms with van der Waals surface area (Å²) in [6.07, 6.45) is 1.70. The van der Waals surface area contributed by atoms with Gasteiger partial charge >= 0.3 is 0 Å². The zero-order valence-electron chi connectivity index (χ0n) is 16.3. The maximum atomic E-state index is 13.1. The van der Waals surface area contributed by atoms with Crippen LogP contribution in [0, 0.1) is 13.8 Å². The molecular formula is C22H21N3O3S. The molecule has 0 spiro atoms. The Morgan fingerprint density at radius 2 is 1.86 bits per heavy atom. The molecule has 7 heteroatoms. The summed E-state index contributed by atoms with van der Waals surface area (Å²) in [4.78, 5) is 24.9. The zero-order chi connectivity index (χ0) is 20.0. The van der Waals surface area contributed by atoms with E-state index in [0.29, 0.717) is 23.7 Å². The highest BCUT2D eigenvalue weighted by atomic mass is 32.1. The molecule has 0 unspecified atom stereocenters. The fourth-order valence-electron chi connectivity index (χ4n) is 3.79. The van der Waals surface area contributed by atoms with Crippen molar-refractivity contribution in [2.75, 3.05) is 13.1 Å². The first kappa shape index (κ1) is 18.1. The average Bonchev–Trinajstić information content (AvgIpc) is 3.45. The SMILES string of the molecule is Cc1ccc(-c2nc(C)c(C(=O)N3CCC(c4nc5ccccc5o4)CC3)s2)o1. The van der Waals surface area contributed by atoms with E-state index < -0.39 is 0 Å². The van der Waals surface area contributed by atoms with E-state index in [4.69, 9.17) is 8.83 Å². The summed E-state index contributed by atoms with van der Waals surface area (Å²) in [6, 6.07) is 11.6. The van der Waals surface area contributed by atoms with Crippen molar-refractivity contribution in [3.63, 3.8) is 0 Å². The molecule has 148 valence electrons. The molecule has 1 saturated heterocycles. The number of hydrogen-bond acceptors (Lipinski definition) is 6. The van der Waals surface area contributed by atoms with E-state index in [1.807, 2.05) is 55.1 Å². The number of hydrogen-bond donors (Lipinski definition) is 0. The van der Waals surface area contributed by atoms with Crippen molar-refractivity contribution in [2.45, 2.75) is 32.6 Å². The Bertz CT molecular complexity index is 1150. The summed E-state index contributed by atoms with van der Waals surface area (Å²) in [6.45, 7) is 5.16. The number of aromatic nitrogens is 2. The van der Waals surface area contributed by atoms with Gasteiger partial charge in [-0.05, 0) is 51.0 Å². The highest BCUT2D eigenvalue weighted by Crippen LogP contribution is 2.33. The van der Waals surface area contributed by atoms with Gasteiger partial charge in [-0.15, -0.1) is 11.3 Å². The van der Waals surface area contributed by atoms with Crippen LogP contribution in [0.4, 0.5) is 0 Å². The zero-order valence-corrected chi connectivity index (χ0v) is 17.2. The Hall–Kier alpha value is -2.93. The number of carbonyl (C=O) groups is 1. The van der Waals surface area contributed by atoms with Gasteiger partial charge in [0.2, 0.25) is 0 Å². The average molecular weight is 407 g/mol. The van der Waals surface area contributed by atoms with Gasteiger partial charge in [0.15, 0.2) is 22.2 Å². The quantitative estimate of drug-likeness (QED) is 0.468. The molecule has 5 rings (SSSR count). The van der Waals surface area contributed by atoms with Crippen LogP contribution in [-0.4, -0.2) is 33.9 Å². The largest absolute Gasteiger partial charge is 0.459 e. The number of oxazole rings is 1. The smallest absolute Gasteiger partial charge is 0.265 e. The number of nitrogens with zero attached hydrogens (tertiary/aromatic N) is 3. The lowest BCUT2D eigenvalue weighted by Gasteiger charge is -2.30. The van der Waals surface area contributed by atoms with E-state index in [2.05, 4.69) is 9.97 Å². The molecule has 4 aromatic rings. The van der Waals surface area contributed by atoms with Gasteiger partial charge in [0.05, 0.1) is 5.69 Å². The van der Waals surface area contributed by atoms with Crippen LogP contribution in [0.25, 0.3) is 21.9 Å². The summed E-state index contributed by atoms with van der Waals surface area (Å²) in [5.74, 6) is 2.62. The van der Waals surface area contributed by atoms with Crippen LogP contribution >= 0.6 is 11.3 Å². The number of rotatable bonds is 3. The first-order valence-corrected chi connectivity index (χ1v) is 10.6. The lowest BCUT2D eigenvalue weighted by atomic mass is 9.96. The summed E-state index contributed by atoms with van der Waals surface area (Å²) < 4.78 is 11.6. The van der Waals surface area contributed by atoms with Gasteiger partial charge < -0.3 is 13.7 Å². The third-order valence-electron chi connectivity index (χ3n) is 5.38. The van der Waals surface area contributed by atoms with Crippen LogP contribution in [0.2, 0.25) is 0 Å². The van der Waals surface area contributed by atoms with Crippen LogP contribution in [0.3, 0.4) is 0 Å². The molecule has 6 nitrogen and oxygen atoms in total. The highest BCUT2D eigenvalue weighted by Gasteiger charge is 2.29. The van der Waals surface area contributed by atoms with Crippen LogP contribution < -0.4 is 0 Å². The molecule has 3 aromatic heterocycles. The molecule has 29 heavy (non-hydrogen) atoms. The number of fused-ring (bicyclic) bond motifs is 1. The highest BCUT2D eigenvalue weighted by molar-refractivity contribution is 7.17. The van der Waals surface area contributed by atoms with E-state index in [1.54, 1.807) is 0 Å². The Morgan fingerprint density at radius 1 is 1.07 bits per heavy atom. The molecule has 0 saturated carbocycles. The predicted octanol–water partition coefficient (Wildman–Crippen LogP) is 5.18. The molecule has 0 radical (unpaired) electrons. The van der Waals surface area contributed by atoms with E-state index in [0.717, 1.165) is 46.3 Å². The fourth-order valence-corrected chi connectivity index (χ4v) is 4.78. The number of likely N-dealkylation sites (tertiary alicyclic amines) is 1. The predicted molar refractivity (Wildman–Crippen MR) is 111 cm³/mol. The van der Waals surface area contributed by atoms with E-state index >= 15 is 0 Å². The maximum absolute atomic E-state index is 13.1. The minimum Gasteiger partial charge on any atom is -0.459 e. The Kier molecular flexibility index (Phi) is 4.47. The van der Waals surface area contributed by atoms with Crippen molar-refractivity contribution >= 4 is 28.3 Å². The second-order valence-electron chi connectivity index (χ2n) is 7.43. The van der Waals surface area contributed by atoms with Gasteiger partial charge in [-0.3, -0.25) is 4.79 Å². The van der Waals surface area contributed by atoms with Crippen molar-refractivity contribution in [1.82, 2.24) is 14.9 Å². The molecule has 1 fully saturated rings. The third-order valence-corrected chi connectivity index (χ3v) is 6.54. The van der Waals surface area contributed by atoms with Crippen molar-refractivity contribution < 1.29 is 13.6 Å². The second-order valence-corrected chi connectivity index (χ2v) is 8.43. The number of piperidine rings is 1. The van der Waals surface area contributed by atoms with Crippen molar-refractivity contribution in [3.05, 3.63) is 58.6 Å². The molecular weight excluding hydrogens is 386 g/mol. The molecule has 0 bridgehead atoms. The van der Waals surface area contributed by atoms with Crippen molar-refractivity contribution in [3.8, 4) is 10.8 Å². The monoisotopic (exact) mass is 407 g/mol. The van der Waals surface area contributed by atoms with E-state index in [1.165, 1.54) is 11.3 Å². The van der Waals surface area contributed by atoms with E-state index in [-0.39, 0.29) is 11.8 Å². The molecule has 1 aliphatic rings. The molecule has 0 atom stereocenters. The molecule has 1 amide bonds. The number of thiazole rings is 1. The molecule has 4 heterocycles. The van der Waals surface area contributed by atoms with Crippen molar-refractivity contribution in [2.24, 2.45) is 0 Å². The number of para-hydroxylation sites is 2. The molecule has 0 aliphatic carbocycles. The normalized spacial score (nSPS) is 15.3. The first-order chi connectivity index (χ1) is 14.1. The summed E-state index contributed by atoms with van der Waals surface area (Å²) in [7, 11) is 0. The molecule has 0 N–H and O–H groups in total. The van der Waals surface area contributed by atoms with Crippen LogP contribution in [-0.2, 0) is 0 Å². The van der Waals surface area contributed by atoms with Gasteiger partial charge in [0.25, 0.3) is 5.91 Å². The first-order valence-electron chi connectivity index (χ1n) is 9.77. The van der Waals surface area contributed by atoms with Gasteiger partial charge in [-0.1, -0.05) is 12.1 Å². The lowest BCUT2D eigenvalue weighted by molar-refractivity contribution is 0.0710. The second kappa shape index (κ2) is 7.15. The molecule has 1 aliphatic heterocycles. The molecule has 1 aromatic carbocycles. The number of aryl methyl sites for hydroxylation is 2. The minimum atomic E-state index is 0.0468. The maximum Gasteiger partial charge on any atom is 0.265 e. The van der Waals surface area contributed by atoms with Gasteiger partial charge in [-0.25, -0.2) is 9.97 Å². The number of amides is 1. The topological polar surface area (TPSA) is 72.4 Å². The number of furan rings is 1.